The highest BCUT2D eigenvalue weighted by molar-refractivity contribution is 6.19. The van der Waals surface area contributed by atoms with Gasteiger partial charge in [-0.05, 0) is 88.9 Å². The number of benzene rings is 7. The van der Waals surface area contributed by atoms with Crippen molar-refractivity contribution in [1.29, 1.82) is 0 Å². The fraction of sp³-hybridized carbons (Fsp3) is 0.0638. The molecule has 0 unspecified atom stereocenters. The van der Waals surface area contributed by atoms with Crippen LogP contribution in [0.3, 0.4) is 0 Å². The number of fused-ring (bicyclic) bond motifs is 7. The molecule has 8 aromatic rings. The summed E-state index contributed by atoms with van der Waals surface area (Å²) in [5.74, 6) is 0. The monoisotopic (exact) mass is 632 g/mol. The third-order valence-corrected chi connectivity index (χ3v) is 9.38. The standard InChI is InChI=1S/C31H23N.C16H17N/c1-3-21(4-2)23-16-18-26-24(20-23)17-19-28-27-13-7-8-14-30(27)32(31(26)28)29-15-9-11-22-10-5-6-12-25(22)29;1-3-4-16(11-17)15-8-7-13-9-12(2)5-6-14(13)10-15/h3-20H,1H2,2H3;3-11H,17H2,1-2H3/b21-4+;4-3-,16-11+. The highest BCUT2D eigenvalue weighted by atomic mass is 15.0. The van der Waals surface area contributed by atoms with E-state index < -0.39 is 0 Å². The molecule has 0 spiro atoms. The van der Waals surface area contributed by atoms with E-state index in [2.05, 4.69) is 165 Å². The topological polar surface area (TPSA) is 30.9 Å². The van der Waals surface area contributed by atoms with E-state index in [1.54, 1.807) is 6.20 Å². The molecule has 0 aliphatic carbocycles. The van der Waals surface area contributed by atoms with E-state index >= 15 is 0 Å². The molecule has 238 valence electrons. The fourth-order valence-electron chi connectivity index (χ4n) is 7.00. The Kier molecular flexibility index (Phi) is 8.70. The lowest BCUT2D eigenvalue weighted by atomic mass is 9.99. The second-order valence-corrected chi connectivity index (χ2v) is 12.4. The first-order valence-corrected chi connectivity index (χ1v) is 16.8. The molecule has 0 saturated heterocycles. The lowest BCUT2D eigenvalue weighted by Crippen LogP contribution is -1.96. The Bertz CT molecular complexity index is 2600. The molecule has 0 radical (unpaired) electrons. The predicted octanol–water partition coefficient (Wildman–Crippen LogP) is 12.7. The Balaban J connectivity index is 0.000000188. The fourth-order valence-corrected chi connectivity index (χ4v) is 7.00. The largest absolute Gasteiger partial charge is 0.404 e. The summed E-state index contributed by atoms with van der Waals surface area (Å²) in [6, 6.07) is 48.1. The van der Waals surface area contributed by atoms with Gasteiger partial charge in [0.25, 0.3) is 0 Å². The van der Waals surface area contributed by atoms with Crippen LogP contribution in [0.1, 0.15) is 30.5 Å². The van der Waals surface area contributed by atoms with Gasteiger partial charge in [-0.2, -0.15) is 0 Å². The maximum atomic E-state index is 5.65. The summed E-state index contributed by atoms with van der Waals surface area (Å²) in [6.07, 6.45) is 9.70. The van der Waals surface area contributed by atoms with Crippen molar-refractivity contribution < 1.29 is 0 Å². The Morgan fingerprint density at radius 1 is 0.592 bits per heavy atom. The van der Waals surface area contributed by atoms with Gasteiger partial charge in [-0.15, -0.1) is 0 Å². The van der Waals surface area contributed by atoms with E-state index in [4.69, 9.17) is 5.73 Å². The second kappa shape index (κ2) is 13.5. The molecule has 49 heavy (non-hydrogen) atoms. The van der Waals surface area contributed by atoms with Gasteiger partial charge in [0.05, 0.1) is 16.7 Å². The summed E-state index contributed by atoms with van der Waals surface area (Å²) in [5, 5.41) is 10.1. The summed E-state index contributed by atoms with van der Waals surface area (Å²) < 4.78 is 2.44. The van der Waals surface area contributed by atoms with Crippen molar-refractivity contribution >= 4 is 65.3 Å². The molecule has 0 atom stereocenters. The zero-order chi connectivity index (χ0) is 33.9. The number of rotatable bonds is 5. The van der Waals surface area contributed by atoms with Gasteiger partial charge in [-0.1, -0.05) is 146 Å². The number of allylic oxidation sites excluding steroid dienone is 6. The van der Waals surface area contributed by atoms with Gasteiger partial charge in [-0.3, -0.25) is 0 Å². The summed E-state index contributed by atoms with van der Waals surface area (Å²) in [7, 11) is 0. The molecule has 1 aromatic heterocycles. The summed E-state index contributed by atoms with van der Waals surface area (Å²) in [4.78, 5) is 0. The number of hydrogen-bond acceptors (Lipinski definition) is 1. The molecule has 0 saturated carbocycles. The first-order valence-electron chi connectivity index (χ1n) is 16.8. The van der Waals surface area contributed by atoms with Crippen LogP contribution in [0.5, 0.6) is 0 Å². The number of nitrogens with zero attached hydrogens (tertiary/aromatic N) is 1. The Hall–Kier alpha value is -6.12. The number of aromatic nitrogens is 1. The first-order chi connectivity index (χ1) is 24.0. The lowest BCUT2D eigenvalue weighted by Gasteiger charge is -2.13. The van der Waals surface area contributed by atoms with Gasteiger partial charge < -0.3 is 10.3 Å². The zero-order valence-corrected chi connectivity index (χ0v) is 28.3. The Morgan fingerprint density at radius 3 is 2.04 bits per heavy atom. The van der Waals surface area contributed by atoms with Crippen LogP contribution >= 0.6 is 0 Å². The van der Waals surface area contributed by atoms with Crippen molar-refractivity contribution in [3.63, 3.8) is 0 Å². The van der Waals surface area contributed by atoms with Crippen molar-refractivity contribution in [3.8, 4) is 5.69 Å². The van der Waals surface area contributed by atoms with E-state index in [0.717, 1.165) is 16.7 Å². The SMILES string of the molecule is C/C=C\C(=C/N)c1ccc2cc(C)ccc2c1.C=C/C(=C\C)c1ccc2c(ccc3c4ccccc4n(-c4cccc5ccccc45)c23)c1. The van der Waals surface area contributed by atoms with E-state index in [-0.39, 0.29) is 0 Å². The van der Waals surface area contributed by atoms with Crippen LogP contribution in [0, 0.1) is 6.92 Å². The molecule has 2 nitrogen and oxygen atoms in total. The maximum Gasteiger partial charge on any atom is 0.0619 e. The van der Waals surface area contributed by atoms with Crippen molar-refractivity contribution in [2.75, 3.05) is 0 Å². The third kappa shape index (κ3) is 5.83. The zero-order valence-electron chi connectivity index (χ0n) is 28.3. The van der Waals surface area contributed by atoms with Crippen LogP contribution in [0.15, 0.2) is 171 Å². The Labute approximate surface area is 288 Å². The normalized spacial score (nSPS) is 12.3. The second-order valence-electron chi connectivity index (χ2n) is 12.4. The van der Waals surface area contributed by atoms with Crippen molar-refractivity contribution in [1.82, 2.24) is 4.57 Å². The van der Waals surface area contributed by atoms with Crippen LogP contribution in [-0.2, 0) is 0 Å². The van der Waals surface area contributed by atoms with Crippen LogP contribution in [0.25, 0.3) is 71.0 Å². The van der Waals surface area contributed by atoms with Gasteiger partial charge in [-0.25, -0.2) is 0 Å². The number of aryl methyl sites for hydroxylation is 1. The van der Waals surface area contributed by atoms with Crippen molar-refractivity contribution in [3.05, 3.63) is 187 Å². The highest BCUT2D eigenvalue weighted by Gasteiger charge is 2.16. The molecule has 2 heteroatoms. The minimum Gasteiger partial charge on any atom is -0.404 e. The third-order valence-electron chi connectivity index (χ3n) is 9.38. The van der Waals surface area contributed by atoms with Crippen molar-refractivity contribution in [2.24, 2.45) is 5.73 Å². The van der Waals surface area contributed by atoms with E-state index in [0.29, 0.717) is 0 Å². The smallest absolute Gasteiger partial charge is 0.0619 e. The average Bonchev–Trinajstić information content (AvgIpc) is 3.48. The lowest BCUT2D eigenvalue weighted by molar-refractivity contribution is 1.20. The molecular weight excluding hydrogens is 593 g/mol. The Morgan fingerprint density at radius 2 is 1.24 bits per heavy atom. The molecule has 0 aliphatic rings. The minimum atomic E-state index is 1.05. The summed E-state index contributed by atoms with van der Waals surface area (Å²) in [6.45, 7) is 10.1. The number of para-hydroxylation sites is 1. The van der Waals surface area contributed by atoms with Crippen LogP contribution in [0.4, 0.5) is 0 Å². The molecule has 1 heterocycles. The van der Waals surface area contributed by atoms with E-state index in [1.807, 2.05) is 25.2 Å². The van der Waals surface area contributed by atoms with E-state index in [9.17, 15) is 0 Å². The van der Waals surface area contributed by atoms with Crippen LogP contribution in [0.2, 0.25) is 0 Å². The van der Waals surface area contributed by atoms with Gasteiger partial charge >= 0.3 is 0 Å². The molecule has 0 bridgehead atoms. The van der Waals surface area contributed by atoms with Crippen LogP contribution < -0.4 is 5.73 Å². The summed E-state index contributed by atoms with van der Waals surface area (Å²) in [5.41, 5.74) is 15.2. The minimum absolute atomic E-state index is 1.05. The molecular formula is C47H40N2. The molecule has 2 N–H and O–H groups in total. The summed E-state index contributed by atoms with van der Waals surface area (Å²) >= 11 is 0. The van der Waals surface area contributed by atoms with E-state index in [1.165, 1.54) is 70.9 Å². The molecule has 0 aliphatic heterocycles. The molecule has 8 rings (SSSR count). The molecule has 0 amide bonds. The molecule has 7 aromatic carbocycles. The quantitative estimate of drug-likeness (QED) is 0.188. The number of hydrogen-bond donors (Lipinski definition) is 1. The first kappa shape index (κ1) is 31.5. The predicted molar refractivity (Wildman–Crippen MR) is 215 cm³/mol. The maximum absolute atomic E-state index is 5.65. The van der Waals surface area contributed by atoms with Crippen molar-refractivity contribution in [2.45, 2.75) is 20.8 Å². The average molecular weight is 633 g/mol. The number of nitrogens with two attached hydrogens (primary N) is 1. The van der Waals surface area contributed by atoms with Crippen LogP contribution in [-0.4, -0.2) is 4.57 Å². The molecule has 0 fully saturated rings. The van der Waals surface area contributed by atoms with Gasteiger partial charge in [0, 0.05) is 27.7 Å². The van der Waals surface area contributed by atoms with Gasteiger partial charge in [0.1, 0.15) is 0 Å². The van der Waals surface area contributed by atoms with Gasteiger partial charge in [0.15, 0.2) is 0 Å². The van der Waals surface area contributed by atoms with Gasteiger partial charge in [0.2, 0.25) is 0 Å². The highest BCUT2D eigenvalue weighted by Crippen LogP contribution is 2.39.